The van der Waals surface area contributed by atoms with Crippen molar-refractivity contribution in [2.24, 2.45) is 7.05 Å². The monoisotopic (exact) mass is 260 g/mol. The first-order valence-electron chi connectivity index (χ1n) is 5.80. The number of amides is 1. The highest BCUT2D eigenvalue weighted by molar-refractivity contribution is 6.02. The van der Waals surface area contributed by atoms with Gasteiger partial charge in [-0.15, -0.1) is 5.10 Å². The molecule has 2 heterocycles. The summed E-state index contributed by atoms with van der Waals surface area (Å²) < 4.78 is 10.9. The van der Waals surface area contributed by atoms with E-state index in [0.717, 1.165) is 0 Å². The van der Waals surface area contributed by atoms with E-state index in [-0.39, 0.29) is 11.6 Å². The molecule has 0 unspecified atom stereocenters. The molecule has 98 valence electrons. The van der Waals surface area contributed by atoms with Crippen LogP contribution in [0, 0.1) is 0 Å². The third-order valence-electron chi connectivity index (χ3n) is 2.63. The van der Waals surface area contributed by atoms with Gasteiger partial charge in [0.1, 0.15) is 13.2 Å². The number of anilines is 1. The van der Waals surface area contributed by atoms with E-state index >= 15 is 0 Å². The average Bonchev–Trinajstić information content (AvgIpc) is 2.85. The average molecular weight is 260 g/mol. The Morgan fingerprint density at radius 2 is 2.11 bits per heavy atom. The molecule has 19 heavy (non-hydrogen) atoms. The number of nitrogens with zero attached hydrogens (tertiary/aromatic N) is 3. The molecule has 7 nitrogen and oxygen atoms in total. The summed E-state index contributed by atoms with van der Waals surface area (Å²) in [5.41, 5.74) is 0.886. The van der Waals surface area contributed by atoms with Gasteiger partial charge in [-0.05, 0) is 12.1 Å². The van der Waals surface area contributed by atoms with Crippen molar-refractivity contribution >= 4 is 11.6 Å². The molecule has 1 aliphatic rings. The molecule has 1 aromatic heterocycles. The van der Waals surface area contributed by atoms with Crippen LogP contribution in [-0.2, 0) is 7.05 Å². The number of hydrogen-bond acceptors (Lipinski definition) is 5. The maximum atomic E-state index is 11.9. The maximum Gasteiger partial charge on any atom is 0.277 e. The van der Waals surface area contributed by atoms with E-state index in [1.54, 1.807) is 25.2 Å². The van der Waals surface area contributed by atoms with Crippen LogP contribution in [0.3, 0.4) is 0 Å². The van der Waals surface area contributed by atoms with Gasteiger partial charge in [-0.25, -0.2) is 0 Å². The Labute approximate surface area is 109 Å². The predicted molar refractivity (Wildman–Crippen MR) is 66.4 cm³/mol. The van der Waals surface area contributed by atoms with Gasteiger partial charge in [-0.1, -0.05) is 0 Å². The quantitative estimate of drug-likeness (QED) is 0.865. The van der Waals surface area contributed by atoms with Crippen molar-refractivity contribution in [3.63, 3.8) is 0 Å². The summed E-state index contributed by atoms with van der Waals surface area (Å²) in [6, 6.07) is 5.24. The molecule has 0 saturated heterocycles. The molecule has 0 bridgehead atoms. The van der Waals surface area contributed by atoms with Gasteiger partial charge in [0.2, 0.25) is 0 Å². The van der Waals surface area contributed by atoms with Crippen LogP contribution in [0.15, 0.2) is 24.4 Å². The third-order valence-corrected chi connectivity index (χ3v) is 2.63. The Hall–Kier alpha value is -2.57. The minimum Gasteiger partial charge on any atom is -0.486 e. The molecule has 3 rings (SSSR count). The topological polar surface area (TPSA) is 78.3 Å². The summed E-state index contributed by atoms with van der Waals surface area (Å²) in [6.07, 6.45) is 1.41. The van der Waals surface area contributed by atoms with E-state index in [2.05, 4.69) is 15.5 Å². The molecule has 7 heteroatoms. The van der Waals surface area contributed by atoms with Gasteiger partial charge in [0.25, 0.3) is 5.91 Å². The number of carbonyl (C=O) groups excluding carboxylic acids is 1. The molecule has 1 N–H and O–H groups in total. The van der Waals surface area contributed by atoms with Crippen LogP contribution in [0.5, 0.6) is 11.5 Å². The van der Waals surface area contributed by atoms with Crippen LogP contribution >= 0.6 is 0 Å². The Morgan fingerprint density at radius 1 is 1.32 bits per heavy atom. The summed E-state index contributed by atoms with van der Waals surface area (Å²) in [4.78, 5) is 13.2. The zero-order valence-corrected chi connectivity index (χ0v) is 10.3. The number of rotatable bonds is 2. The Bertz CT molecular complexity index is 623. The Balaban J connectivity index is 1.78. The molecule has 0 fully saturated rings. The first-order chi connectivity index (χ1) is 9.22. The molecular weight excluding hydrogens is 248 g/mol. The third kappa shape index (κ3) is 2.35. The van der Waals surface area contributed by atoms with E-state index in [0.29, 0.717) is 30.4 Å². The van der Waals surface area contributed by atoms with Gasteiger partial charge in [0.05, 0.1) is 6.20 Å². The van der Waals surface area contributed by atoms with Gasteiger partial charge in [-0.2, -0.15) is 9.90 Å². The predicted octanol–water partition coefficient (Wildman–Crippen LogP) is 0.839. The number of hydrogen-bond donors (Lipinski definition) is 1. The maximum absolute atomic E-state index is 11.9. The summed E-state index contributed by atoms with van der Waals surface area (Å²) in [5.74, 6) is 0.997. The van der Waals surface area contributed by atoms with E-state index in [4.69, 9.17) is 9.47 Å². The van der Waals surface area contributed by atoms with Crippen molar-refractivity contribution in [3.8, 4) is 11.5 Å². The Kier molecular flexibility index (Phi) is 2.79. The molecular formula is C12H12N4O3. The van der Waals surface area contributed by atoms with E-state index in [1.165, 1.54) is 11.0 Å². The molecule has 0 atom stereocenters. The lowest BCUT2D eigenvalue weighted by Gasteiger charge is -2.18. The molecule has 0 radical (unpaired) electrons. The van der Waals surface area contributed by atoms with Gasteiger partial charge >= 0.3 is 0 Å². The van der Waals surface area contributed by atoms with Crippen molar-refractivity contribution in [2.75, 3.05) is 18.5 Å². The minimum absolute atomic E-state index is 0.261. The number of fused-ring (bicyclic) bond motifs is 1. The second-order valence-electron chi connectivity index (χ2n) is 4.03. The number of carbonyl (C=O) groups is 1. The van der Waals surface area contributed by atoms with E-state index in [9.17, 15) is 4.79 Å². The zero-order chi connectivity index (χ0) is 13.2. The van der Waals surface area contributed by atoms with E-state index in [1.807, 2.05) is 0 Å². The number of benzene rings is 1. The van der Waals surface area contributed by atoms with Gasteiger partial charge in [0, 0.05) is 18.8 Å². The lowest BCUT2D eigenvalue weighted by Crippen LogP contribution is -2.16. The Morgan fingerprint density at radius 3 is 2.84 bits per heavy atom. The number of aryl methyl sites for hydroxylation is 1. The molecule has 0 saturated carbocycles. The molecule has 1 aromatic carbocycles. The summed E-state index contributed by atoms with van der Waals surface area (Å²) in [5, 5.41) is 10.5. The van der Waals surface area contributed by atoms with E-state index < -0.39 is 0 Å². The molecule has 1 amide bonds. The van der Waals surface area contributed by atoms with Crippen molar-refractivity contribution in [3.05, 3.63) is 30.1 Å². The molecule has 0 spiro atoms. The van der Waals surface area contributed by atoms with Crippen LogP contribution in [-0.4, -0.2) is 34.1 Å². The zero-order valence-electron chi connectivity index (χ0n) is 10.3. The molecule has 1 aliphatic heterocycles. The van der Waals surface area contributed by atoms with Crippen LogP contribution in [0.2, 0.25) is 0 Å². The number of nitrogens with one attached hydrogen (secondary N) is 1. The van der Waals surface area contributed by atoms with Gasteiger partial charge < -0.3 is 14.8 Å². The van der Waals surface area contributed by atoms with Crippen molar-refractivity contribution < 1.29 is 14.3 Å². The van der Waals surface area contributed by atoms with Gasteiger partial charge in [-0.3, -0.25) is 4.79 Å². The highest BCUT2D eigenvalue weighted by atomic mass is 16.6. The second kappa shape index (κ2) is 4.60. The second-order valence-corrected chi connectivity index (χ2v) is 4.03. The first kappa shape index (κ1) is 11.5. The first-order valence-corrected chi connectivity index (χ1v) is 5.80. The fourth-order valence-electron chi connectivity index (χ4n) is 1.77. The smallest absolute Gasteiger partial charge is 0.277 e. The van der Waals surface area contributed by atoms with Crippen molar-refractivity contribution in [1.29, 1.82) is 0 Å². The number of aromatic nitrogens is 3. The summed E-state index contributed by atoms with van der Waals surface area (Å²) >= 11 is 0. The van der Waals surface area contributed by atoms with Crippen molar-refractivity contribution in [1.82, 2.24) is 15.0 Å². The van der Waals surface area contributed by atoms with Crippen LogP contribution in [0.4, 0.5) is 5.69 Å². The minimum atomic E-state index is -0.315. The normalized spacial score (nSPS) is 13.1. The lowest BCUT2D eigenvalue weighted by atomic mass is 10.2. The largest absolute Gasteiger partial charge is 0.486 e. The van der Waals surface area contributed by atoms with Crippen LogP contribution < -0.4 is 14.8 Å². The van der Waals surface area contributed by atoms with Crippen LogP contribution in [0.1, 0.15) is 10.5 Å². The molecule has 0 aliphatic carbocycles. The number of ether oxygens (including phenoxy) is 2. The lowest BCUT2D eigenvalue weighted by molar-refractivity contribution is 0.102. The highest BCUT2D eigenvalue weighted by Crippen LogP contribution is 2.32. The SMILES string of the molecule is Cn1ncc(C(=O)Nc2ccc3c(c2)OCCO3)n1. The highest BCUT2D eigenvalue weighted by Gasteiger charge is 2.14. The fourth-order valence-corrected chi connectivity index (χ4v) is 1.77. The van der Waals surface area contributed by atoms with Crippen LogP contribution in [0.25, 0.3) is 0 Å². The summed E-state index contributed by atoms with van der Waals surface area (Å²) in [7, 11) is 1.65. The fraction of sp³-hybridized carbons (Fsp3) is 0.250. The van der Waals surface area contributed by atoms with Gasteiger partial charge in [0.15, 0.2) is 17.2 Å². The standard InChI is InChI=1S/C12H12N4O3/c1-16-13-7-9(15-16)12(17)14-8-2-3-10-11(6-8)19-5-4-18-10/h2-3,6-7H,4-5H2,1H3,(H,14,17). The summed E-state index contributed by atoms with van der Waals surface area (Å²) in [6.45, 7) is 1.05. The molecule has 2 aromatic rings. The van der Waals surface area contributed by atoms with Crippen molar-refractivity contribution in [2.45, 2.75) is 0 Å².